The minimum absolute atomic E-state index is 0.0538. The van der Waals surface area contributed by atoms with Crippen molar-refractivity contribution < 1.29 is 45.9 Å². The van der Waals surface area contributed by atoms with Crippen LogP contribution in [0.3, 0.4) is 0 Å². The minimum Gasteiger partial charge on any atom is -0.484 e. The zero-order valence-electron chi connectivity index (χ0n) is 22.6. The number of carbonyl (C=O) groups excluding carboxylic acids is 4. The summed E-state index contributed by atoms with van der Waals surface area (Å²) in [5.41, 5.74) is 0.612. The van der Waals surface area contributed by atoms with Crippen LogP contribution in [0.25, 0.3) is 0 Å². The summed E-state index contributed by atoms with van der Waals surface area (Å²) in [5, 5.41) is 4.42. The molecule has 14 heteroatoms. The number of halogens is 7. The second-order valence-electron chi connectivity index (χ2n) is 9.78. The van der Waals surface area contributed by atoms with Crippen LogP contribution in [0.4, 0.5) is 22.0 Å². The molecule has 7 nitrogen and oxygen atoms in total. The van der Waals surface area contributed by atoms with Gasteiger partial charge in [-0.05, 0) is 36.1 Å². The Kier molecular flexibility index (Phi) is 12.7. The fraction of sp³-hybridized carbons (Fsp3) is 0.429. The Balaban J connectivity index is 2.18. The zero-order valence-corrected chi connectivity index (χ0v) is 24.1. The monoisotopic (exact) mass is 638 g/mol. The van der Waals surface area contributed by atoms with Gasteiger partial charge in [-0.1, -0.05) is 67.4 Å². The molecule has 0 radical (unpaired) electrons. The van der Waals surface area contributed by atoms with E-state index in [1.807, 2.05) is 0 Å². The van der Waals surface area contributed by atoms with Gasteiger partial charge in [0, 0.05) is 28.9 Å². The molecule has 0 heterocycles. The normalized spacial score (nSPS) is 13.3. The number of nitrogens with one attached hydrogen (secondary N) is 2. The van der Waals surface area contributed by atoms with Crippen LogP contribution >= 0.6 is 23.2 Å². The molecule has 2 N–H and O–H groups in total. The SMILES string of the molecule is CC(C)[C@H](CC(=O)[C@H](Cc1ccccc1)NC(=O)COc1cc(Cl)cc(Cl)c1)C(=O)C(F)(F)C(=O)NCCC(F)(F)F. The number of rotatable bonds is 15. The summed E-state index contributed by atoms with van der Waals surface area (Å²) in [7, 11) is 0. The van der Waals surface area contributed by atoms with Gasteiger partial charge in [-0.25, -0.2) is 0 Å². The Hall–Kier alpha value is -3.25. The van der Waals surface area contributed by atoms with E-state index in [0.717, 1.165) is 0 Å². The van der Waals surface area contributed by atoms with Crippen molar-refractivity contribution in [1.82, 2.24) is 10.6 Å². The van der Waals surface area contributed by atoms with Crippen molar-refractivity contribution in [3.8, 4) is 5.75 Å². The highest BCUT2D eigenvalue weighted by Gasteiger charge is 2.51. The molecular formula is C28H29Cl2F5N2O5. The summed E-state index contributed by atoms with van der Waals surface area (Å²) in [6, 6.07) is 11.4. The fourth-order valence-corrected chi connectivity index (χ4v) is 4.36. The van der Waals surface area contributed by atoms with Gasteiger partial charge in [-0.15, -0.1) is 0 Å². The molecular weight excluding hydrogens is 610 g/mol. The van der Waals surface area contributed by atoms with Crippen LogP contribution in [0.2, 0.25) is 10.0 Å². The van der Waals surface area contributed by atoms with Gasteiger partial charge in [0.15, 0.2) is 12.4 Å². The first kappa shape index (κ1) is 34.9. The first-order valence-electron chi connectivity index (χ1n) is 12.7. The molecule has 0 saturated heterocycles. The Morgan fingerprint density at radius 1 is 0.929 bits per heavy atom. The number of hydrogen-bond donors (Lipinski definition) is 2. The van der Waals surface area contributed by atoms with E-state index in [1.165, 1.54) is 37.4 Å². The first-order chi connectivity index (χ1) is 19.5. The quantitative estimate of drug-likeness (QED) is 0.195. The van der Waals surface area contributed by atoms with Crippen LogP contribution < -0.4 is 15.4 Å². The molecule has 0 aromatic heterocycles. The third-order valence-corrected chi connectivity index (χ3v) is 6.50. The van der Waals surface area contributed by atoms with Gasteiger partial charge < -0.3 is 15.4 Å². The second-order valence-corrected chi connectivity index (χ2v) is 10.7. The number of amides is 2. The van der Waals surface area contributed by atoms with Crippen LogP contribution in [-0.4, -0.2) is 54.7 Å². The lowest BCUT2D eigenvalue weighted by atomic mass is 9.82. The van der Waals surface area contributed by atoms with Crippen molar-refractivity contribution in [2.75, 3.05) is 13.2 Å². The van der Waals surface area contributed by atoms with Gasteiger partial charge in [0.25, 0.3) is 11.8 Å². The Morgan fingerprint density at radius 2 is 1.52 bits per heavy atom. The molecule has 0 saturated carbocycles. The smallest absolute Gasteiger partial charge is 0.390 e. The van der Waals surface area contributed by atoms with Crippen LogP contribution in [0.1, 0.15) is 32.3 Å². The van der Waals surface area contributed by atoms with Crippen LogP contribution in [-0.2, 0) is 25.6 Å². The number of benzene rings is 2. The molecule has 230 valence electrons. The highest BCUT2D eigenvalue weighted by molar-refractivity contribution is 6.34. The molecule has 0 bridgehead atoms. The van der Waals surface area contributed by atoms with Crippen molar-refractivity contribution in [3.05, 3.63) is 64.1 Å². The highest BCUT2D eigenvalue weighted by atomic mass is 35.5. The lowest BCUT2D eigenvalue weighted by Gasteiger charge is -2.26. The van der Waals surface area contributed by atoms with Crippen molar-refractivity contribution in [3.63, 3.8) is 0 Å². The van der Waals surface area contributed by atoms with E-state index in [0.29, 0.717) is 5.56 Å². The van der Waals surface area contributed by atoms with Crippen LogP contribution in [0.5, 0.6) is 5.75 Å². The topological polar surface area (TPSA) is 102 Å². The third-order valence-electron chi connectivity index (χ3n) is 6.06. The summed E-state index contributed by atoms with van der Waals surface area (Å²) in [6.07, 6.45) is -7.10. The lowest BCUT2D eigenvalue weighted by molar-refractivity contribution is -0.163. The molecule has 0 aliphatic rings. The van der Waals surface area contributed by atoms with Crippen molar-refractivity contribution in [1.29, 1.82) is 0 Å². The largest absolute Gasteiger partial charge is 0.484 e. The number of ketones is 2. The van der Waals surface area contributed by atoms with Crippen LogP contribution in [0.15, 0.2) is 48.5 Å². The maximum absolute atomic E-state index is 14.7. The molecule has 2 aromatic carbocycles. The number of alkyl halides is 5. The van der Waals surface area contributed by atoms with E-state index in [-0.39, 0.29) is 22.2 Å². The van der Waals surface area contributed by atoms with E-state index in [2.05, 4.69) is 5.32 Å². The average Bonchev–Trinajstić information content (AvgIpc) is 2.88. The summed E-state index contributed by atoms with van der Waals surface area (Å²) >= 11 is 11.8. The van der Waals surface area contributed by atoms with Crippen molar-refractivity contribution in [2.24, 2.45) is 11.8 Å². The Bertz CT molecular complexity index is 1240. The second kappa shape index (κ2) is 15.3. The number of ether oxygens (including phenoxy) is 1. The van der Waals surface area contributed by atoms with Gasteiger partial charge >= 0.3 is 12.1 Å². The third kappa shape index (κ3) is 11.2. The standard InChI is InChI=1S/C28H29Cl2F5N2O5/c1-16(2)21(25(40)28(34,35)26(41)36-9-8-27(31,32)33)14-23(38)22(10-17-6-4-3-5-7-17)37-24(39)15-42-20-12-18(29)11-19(30)13-20/h3-7,11-13,16,21-22H,8-10,14-15H2,1-2H3,(H,36,41)(H,37,39)/t21-,22-/m0/s1. The summed E-state index contributed by atoms with van der Waals surface area (Å²) in [5.74, 6) is -12.7. The first-order valence-corrected chi connectivity index (χ1v) is 13.5. The summed E-state index contributed by atoms with van der Waals surface area (Å²) in [6.45, 7) is 1.05. The molecule has 0 unspecified atom stereocenters. The Labute approximate surface area is 249 Å². The van der Waals surface area contributed by atoms with E-state index in [1.54, 1.807) is 30.3 Å². The molecule has 0 spiro atoms. The van der Waals surface area contributed by atoms with Crippen molar-refractivity contribution >= 4 is 46.6 Å². The molecule has 0 aliphatic heterocycles. The Morgan fingerprint density at radius 3 is 2.07 bits per heavy atom. The maximum atomic E-state index is 14.7. The van der Waals surface area contributed by atoms with E-state index in [4.69, 9.17) is 27.9 Å². The number of Topliss-reactive ketones (excluding diaryl/α,β-unsaturated/α-hetero) is 2. The molecule has 42 heavy (non-hydrogen) atoms. The summed E-state index contributed by atoms with van der Waals surface area (Å²) in [4.78, 5) is 50.7. The highest BCUT2D eigenvalue weighted by Crippen LogP contribution is 2.29. The summed E-state index contributed by atoms with van der Waals surface area (Å²) < 4.78 is 71.8. The van der Waals surface area contributed by atoms with Crippen molar-refractivity contribution in [2.45, 2.75) is 51.3 Å². The average molecular weight is 639 g/mol. The number of carbonyl (C=O) groups is 4. The van der Waals surface area contributed by atoms with E-state index >= 15 is 0 Å². The molecule has 2 rings (SSSR count). The van der Waals surface area contributed by atoms with E-state index in [9.17, 15) is 41.1 Å². The van der Waals surface area contributed by atoms with Crippen LogP contribution in [0, 0.1) is 11.8 Å². The predicted octanol–water partition coefficient (Wildman–Crippen LogP) is 5.60. The van der Waals surface area contributed by atoms with Gasteiger partial charge in [0.1, 0.15) is 5.75 Å². The molecule has 2 atom stereocenters. The minimum atomic E-state index is -4.70. The lowest BCUT2D eigenvalue weighted by Crippen LogP contribution is -2.51. The zero-order chi connectivity index (χ0) is 31.7. The number of hydrogen-bond acceptors (Lipinski definition) is 5. The molecule has 0 fully saturated rings. The van der Waals surface area contributed by atoms with Gasteiger partial charge in [-0.3, -0.25) is 19.2 Å². The maximum Gasteiger partial charge on any atom is 0.390 e. The van der Waals surface area contributed by atoms with Gasteiger partial charge in [0.2, 0.25) is 5.78 Å². The van der Waals surface area contributed by atoms with Gasteiger partial charge in [0.05, 0.1) is 12.5 Å². The molecule has 0 aliphatic carbocycles. The van der Waals surface area contributed by atoms with Gasteiger partial charge in [-0.2, -0.15) is 22.0 Å². The predicted molar refractivity (Wildman–Crippen MR) is 146 cm³/mol. The fourth-order valence-electron chi connectivity index (χ4n) is 3.86. The molecule has 2 aromatic rings. The van der Waals surface area contributed by atoms with E-state index < -0.39 is 79.4 Å². The molecule has 2 amide bonds.